The van der Waals surface area contributed by atoms with Gasteiger partial charge in [0, 0.05) is 19.5 Å². The van der Waals surface area contributed by atoms with Gasteiger partial charge < -0.3 is 15.0 Å². The normalized spacial score (nSPS) is 16.0. The summed E-state index contributed by atoms with van der Waals surface area (Å²) in [4.78, 5) is 68.0. The van der Waals surface area contributed by atoms with Gasteiger partial charge in [-0.25, -0.2) is 4.79 Å². The van der Waals surface area contributed by atoms with E-state index >= 15 is 0 Å². The van der Waals surface area contributed by atoms with Gasteiger partial charge in [0.25, 0.3) is 11.7 Å². The number of amides is 3. The Hall–Kier alpha value is -4.27. The van der Waals surface area contributed by atoms with Crippen molar-refractivity contribution in [1.29, 1.82) is 0 Å². The summed E-state index contributed by atoms with van der Waals surface area (Å²) < 4.78 is 5.09. The topological polar surface area (TPSA) is 113 Å². The van der Waals surface area contributed by atoms with Crippen LogP contribution >= 0.6 is 0 Å². The lowest BCUT2D eigenvalue weighted by molar-refractivity contribution is -0.157. The number of esters is 1. The van der Waals surface area contributed by atoms with Gasteiger partial charge in [0.2, 0.25) is 11.8 Å². The van der Waals surface area contributed by atoms with E-state index in [1.165, 1.54) is 16.7 Å². The molecule has 9 nitrogen and oxygen atoms in total. The van der Waals surface area contributed by atoms with Gasteiger partial charge in [-0.3, -0.25) is 24.1 Å². The highest BCUT2D eigenvalue weighted by molar-refractivity contribution is 6.36. The quantitative estimate of drug-likeness (QED) is 0.341. The first-order chi connectivity index (χ1) is 19.0. The largest absolute Gasteiger partial charge is 0.457 e. The van der Waals surface area contributed by atoms with Crippen molar-refractivity contribution in [1.82, 2.24) is 15.1 Å². The third kappa shape index (κ3) is 7.88. The number of nitrogens with zero attached hydrogens (tertiary/aromatic N) is 2. The molecule has 2 aromatic rings. The van der Waals surface area contributed by atoms with E-state index < -0.39 is 48.3 Å². The van der Waals surface area contributed by atoms with E-state index in [4.69, 9.17) is 4.74 Å². The van der Waals surface area contributed by atoms with Crippen LogP contribution in [0.15, 0.2) is 66.9 Å². The highest BCUT2D eigenvalue weighted by Gasteiger charge is 2.39. The Balaban J connectivity index is 1.93. The molecule has 1 heterocycles. The first-order valence-electron chi connectivity index (χ1n) is 13.4. The minimum atomic E-state index is -1.19. The summed E-state index contributed by atoms with van der Waals surface area (Å²) in [5.74, 6) is -3.11. The lowest BCUT2D eigenvalue weighted by Gasteiger charge is -2.39. The maximum Gasteiger partial charge on any atom is 0.377 e. The molecular formula is C31H37N3O6. The molecule has 2 aromatic carbocycles. The molecule has 1 N–H and O–H groups in total. The Morgan fingerprint density at radius 3 is 2.08 bits per heavy atom. The van der Waals surface area contributed by atoms with Crippen molar-refractivity contribution in [3.05, 3.63) is 78.0 Å². The molecule has 1 aliphatic rings. The average Bonchev–Trinajstić information content (AvgIpc) is 2.90. The van der Waals surface area contributed by atoms with E-state index in [2.05, 4.69) is 5.32 Å². The minimum Gasteiger partial charge on any atom is -0.457 e. The summed E-state index contributed by atoms with van der Waals surface area (Å²) in [5, 5.41) is 2.66. The van der Waals surface area contributed by atoms with Crippen LogP contribution in [0.5, 0.6) is 0 Å². The van der Waals surface area contributed by atoms with Crippen molar-refractivity contribution in [2.75, 3.05) is 6.54 Å². The number of hydrogen-bond donors (Lipinski definition) is 1. The van der Waals surface area contributed by atoms with E-state index in [0.717, 1.165) is 5.56 Å². The molecule has 2 atom stereocenters. The van der Waals surface area contributed by atoms with E-state index in [-0.39, 0.29) is 18.2 Å². The Morgan fingerprint density at radius 2 is 1.52 bits per heavy atom. The highest BCUT2D eigenvalue weighted by atomic mass is 16.5. The van der Waals surface area contributed by atoms with Crippen molar-refractivity contribution < 1.29 is 28.7 Å². The zero-order valence-electron chi connectivity index (χ0n) is 23.6. The molecule has 0 saturated heterocycles. The van der Waals surface area contributed by atoms with E-state index in [1.807, 2.05) is 26.0 Å². The average molecular weight is 548 g/mol. The second-order valence-electron chi connectivity index (χ2n) is 10.5. The minimum absolute atomic E-state index is 0.0715. The molecule has 0 spiro atoms. The van der Waals surface area contributed by atoms with E-state index in [0.29, 0.717) is 17.7 Å². The summed E-state index contributed by atoms with van der Waals surface area (Å²) in [6.45, 7) is 8.17. The fourth-order valence-electron chi connectivity index (χ4n) is 4.54. The maximum absolute atomic E-state index is 13.8. The SMILES string of the molecule is CC(=O)N1C=C(c2ccccc2)N(CC(=O)N[C@@H](Cc2ccccc2)C(=O)C(=O)OC(C)C)C(=O)C1CC(C)C. The van der Waals surface area contributed by atoms with Crippen LogP contribution in [0.4, 0.5) is 0 Å². The lowest BCUT2D eigenvalue weighted by Crippen LogP contribution is -2.55. The predicted molar refractivity (Wildman–Crippen MR) is 150 cm³/mol. The lowest BCUT2D eigenvalue weighted by atomic mass is 9.97. The zero-order chi connectivity index (χ0) is 29.4. The third-order valence-corrected chi connectivity index (χ3v) is 6.35. The molecular weight excluding hydrogens is 510 g/mol. The van der Waals surface area contributed by atoms with Gasteiger partial charge in [0.05, 0.1) is 11.8 Å². The Morgan fingerprint density at radius 1 is 0.925 bits per heavy atom. The molecule has 0 bridgehead atoms. The summed E-state index contributed by atoms with van der Waals surface area (Å²) in [5.41, 5.74) is 1.78. The first kappa shape index (κ1) is 30.3. The summed E-state index contributed by atoms with van der Waals surface area (Å²) in [6.07, 6.45) is 1.58. The second-order valence-corrected chi connectivity index (χ2v) is 10.5. The van der Waals surface area contributed by atoms with Crippen molar-refractivity contribution >= 4 is 35.2 Å². The van der Waals surface area contributed by atoms with Crippen LogP contribution in [0, 0.1) is 5.92 Å². The van der Waals surface area contributed by atoms with Crippen LogP contribution in [0.2, 0.25) is 0 Å². The molecule has 9 heteroatoms. The van der Waals surface area contributed by atoms with Crippen LogP contribution < -0.4 is 5.32 Å². The number of nitrogens with one attached hydrogen (secondary N) is 1. The smallest absolute Gasteiger partial charge is 0.377 e. The number of rotatable bonds is 11. The molecule has 0 radical (unpaired) electrons. The molecule has 0 aromatic heterocycles. The predicted octanol–water partition coefficient (Wildman–Crippen LogP) is 3.34. The first-order valence-corrected chi connectivity index (χ1v) is 13.4. The summed E-state index contributed by atoms with van der Waals surface area (Å²) >= 11 is 0. The van der Waals surface area contributed by atoms with Crippen LogP contribution in [-0.4, -0.2) is 64.0 Å². The van der Waals surface area contributed by atoms with Crippen LogP contribution in [0.3, 0.4) is 0 Å². The molecule has 40 heavy (non-hydrogen) atoms. The number of ether oxygens (including phenoxy) is 1. The number of benzene rings is 2. The van der Waals surface area contributed by atoms with Crippen LogP contribution in [0.1, 0.15) is 52.2 Å². The Labute approximate surface area is 235 Å². The van der Waals surface area contributed by atoms with Crippen molar-refractivity contribution in [3.8, 4) is 0 Å². The number of carbonyl (C=O) groups excluding carboxylic acids is 5. The molecule has 0 aliphatic carbocycles. The fraction of sp³-hybridized carbons (Fsp3) is 0.387. The van der Waals surface area contributed by atoms with Gasteiger partial charge in [-0.05, 0) is 37.3 Å². The summed E-state index contributed by atoms with van der Waals surface area (Å²) in [7, 11) is 0. The molecule has 3 amide bonds. The van der Waals surface area contributed by atoms with Crippen molar-refractivity contribution in [2.24, 2.45) is 5.92 Å². The molecule has 212 valence electrons. The van der Waals surface area contributed by atoms with Crippen molar-refractivity contribution in [2.45, 2.75) is 65.6 Å². The van der Waals surface area contributed by atoms with Gasteiger partial charge in [-0.2, -0.15) is 0 Å². The molecule has 0 fully saturated rings. The third-order valence-electron chi connectivity index (χ3n) is 6.35. The van der Waals surface area contributed by atoms with Crippen LogP contribution in [-0.2, 0) is 35.1 Å². The molecule has 0 saturated carbocycles. The highest BCUT2D eigenvalue weighted by Crippen LogP contribution is 2.29. The van der Waals surface area contributed by atoms with Crippen LogP contribution in [0.25, 0.3) is 5.70 Å². The zero-order valence-corrected chi connectivity index (χ0v) is 23.6. The summed E-state index contributed by atoms with van der Waals surface area (Å²) in [6, 6.07) is 16.0. The number of ketones is 1. The van der Waals surface area contributed by atoms with Gasteiger partial charge in [-0.1, -0.05) is 74.5 Å². The fourth-order valence-corrected chi connectivity index (χ4v) is 4.54. The van der Waals surface area contributed by atoms with Gasteiger partial charge in [0.1, 0.15) is 18.6 Å². The van der Waals surface area contributed by atoms with Gasteiger partial charge >= 0.3 is 5.97 Å². The number of Topliss-reactive ketones (excluding diaryl/α,β-unsaturated/α-hetero) is 1. The van der Waals surface area contributed by atoms with E-state index in [9.17, 15) is 24.0 Å². The standard InChI is InChI=1S/C31H37N3O6/c1-20(2)16-26-30(38)34(27(18-33(26)22(5)35)24-14-10-7-11-15-24)19-28(36)32-25(17-23-12-8-6-9-13-23)29(37)31(39)40-21(3)4/h6-15,18,20-21,25-26H,16-17,19H2,1-5H3,(H,32,36)/t25-,26?/m0/s1. The van der Waals surface area contributed by atoms with Gasteiger partial charge in [-0.15, -0.1) is 0 Å². The molecule has 3 rings (SSSR count). The molecule has 1 aliphatic heterocycles. The number of hydrogen-bond acceptors (Lipinski definition) is 6. The monoisotopic (exact) mass is 547 g/mol. The van der Waals surface area contributed by atoms with E-state index in [1.54, 1.807) is 68.6 Å². The second kappa shape index (κ2) is 13.7. The molecule has 1 unspecified atom stereocenters. The Bertz CT molecular complexity index is 1260. The van der Waals surface area contributed by atoms with Gasteiger partial charge in [0.15, 0.2) is 0 Å². The van der Waals surface area contributed by atoms with Crippen molar-refractivity contribution in [3.63, 3.8) is 0 Å². The number of carbonyl (C=O) groups is 5. The maximum atomic E-state index is 13.8. The Kier molecular flexibility index (Phi) is 10.4.